The van der Waals surface area contributed by atoms with Gasteiger partial charge in [0.15, 0.2) is 0 Å². The van der Waals surface area contributed by atoms with Crippen molar-refractivity contribution in [2.45, 2.75) is 51.3 Å². The van der Waals surface area contributed by atoms with Crippen LogP contribution < -0.4 is 20.1 Å². The van der Waals surface area contributed by atoms with Gasteiger partial charge < -0.3 is 29.6 Å². The molecule has 0 radical (unpaired) electrons. The van der Waals surface area contributed by atoms with Crippen molar-refractivity contribution in [3.8, 4) is 11.5 Å². The van der Waals surface area contributed by atoms with E-state index in [0.29, 0.717) is 24.7 Å². The maximum atomic E-state index is 13.4. The molecule has 0 aliphatic heterocycles. The lowest BCUT2D eigenvalue weighted by molar-refractivity contribution is -0.145. The fourth-order valence-electron chi connectivity index (χ4n) is 3.49. The van der Waals surface area contributed by atoms with E-state index in [-0.39, 0.29) is 12.8 Å². The number of esters is 1. The second kappa shape index (κ2) is 15.2. The fourth-order valence-corrected chi connectivity index (χ4v) is 3.49. The van der Waals surface area contributed by atoms with Crippen molar-refractivity contribution in [1.82, 2.24) is 10.6 Å². The first-order valence-electron chi connectivity index (χ1n) is 12.6. The zero-order chi connectivity index (χ0) is 28.8. The second-order valence-corrected chi connectivity index (χ2v) is 9.68. The number of carbonyl (C=O) groups excluding carboxylic acids is 3. The Balaban J connectivity index is 2.20. The molecule has 0 heterocycles. The summed E-state index contributed by atoms with van der Waals surface area (Å²) < 4.78 is 21.3. The molecule has 0 saturated heterocycles. The van der Waals surface area contributed by atoms with Crippen molar-refractivity contribution in [3.05, 3.63) is 85.0 Å². The molecule has 2 amide bonds. The van der Waals surface area contributed by atoms with Crippen LogP contribution in [0.1, 0.15) is 31.9 Å². The molecule has 0 spiro atoms. The van der Waals surface area contributed by atoms with Crippen LogP contribution in [-0.4, -0.2) is 56.0 Å². The zero-order valence-electron chi connectivity index (χ0n) is 23.0. The number of nitrogens with one attached hydrogen (secondary N) is 2. The Morgan fingerprint density at radius 1 is 0.795 bits per heavy atom. The Kier molecular flexibility index (Phi) is 12.1. The van der Waals surface area contributed by atoms with Gasteiger partial charge in [-0.2, -0.15) is 0 Å². The number of rotatable bonds is 14. The van der Waals surface area contributed by atoms with Crippen LogP contribution in [0, 0.1) is 0 Å². The molecule has 0 aliphatic carbocycles. The number of amides is 2. The number of benzene rings is 2. The van der Waals surface area contributed by atoms with Gasteiger partial charge in [-0.1, -0.05) is 49.6 Å². The number of hydrogen-bond donors (Lipinski definition) is 2. The summed E-state index contributed by atoms with van der Waals surface area (Å²) in [7, 11) is 1.25. The lowest BCUT2D eigenvalue weighted by Crippen LogP contribution is -2.53. The SMILES string of the molecule is C=CCOc1ccc(CC(NC(=O)OC(C)(C)C)C(=O)N[C@@H](Cc2ccc(OCC=C)cc2)C(=O)OC)cc1. The number of alkyl carbamates (subject to hydrolysis) is 1. The summed E-state index contributed by atoms with van der Waals surface area (Å²) in [5.41, 5.74) is 0.788. The smallest absolute Gasteiger partial charge is 0.408 e. The Hall–Kier alpha value is -4.27. The predicted molar refractivity (Wildman–Crippen MR) is 149 cm³/mol. The van der Waals surface area contributed by atoms with Crippen molar-refractivity contribution >= 4 is 18.0 Å². The van der Waals surface area contributed by atoms with Crippen LogP contribution in [0.15, 0.2) is 73.8 Å². The van der Waals surface area contributed by atoms with Gasteiger partial charge in [0.25, 0.3) is 0 Å². The third-order valence-electron chi connectivity index (χ3n) is 5.27. The highest BCUT2D eigenvalue weighted by molar-refractivity contribution is 5.90. The number of carbonyl (C=O) groups is 3. The maximum absolute atomic E-state index is 13.4. The highest BCUT2D eigenvalue weighted by Gasteiger charge is 2.29. The summed E-state index contributed by atoms with van der Waals surface area (Å²) in [4.78, 5) is 38.5. The third kappa shape index (κ3) is 11.3. The molecule has 0 saturated carbocycles. The van der Waals surface area contributed by atoms with Gasteiger partial charge >= 0.3 is 12.1 Å². The van der Waals surface area contributed by atoms with Gasteiger partial charge in [0.2, 0.25) is 5.91 Å². The highest BCUT2D eigenvalue weighted by Crippen LogP contribution is 2.16. The Morgan fingerprint density at radius 2 is 1.26 bits per heavy atom. The van der Waals surface area contributed by atoms with Crippen LogP contribution in [0.4, 0.5) is 4.79 Å². The van der Waals surface area contributed by atoms with Crippen LogP contribution in [0.5, 0.6) is 11.5 Å². The monoisotopic (exact) mass is 538 g/mol. The van der Waals surface area contributed by atoms with E-state index in [4.69, 9.17) is 18.9 Å². The molecule has 9 heteroatoms. The summed E-state index contributed by atoms with van der Waals surface area (Å²) in [6.45, 7) is 13.2. The minimum Gasteiger partial charge on any atom is -0.490 e. The van der Waals surface area contributed by atoms with E-state index in [0.717, 1.165) is 11.1 Å². The van der Waals surface area contributed by atoms with Gasteiger partial charge in [-0.25, -0.2) is 9.59 Å². The van der Waals surface area contributed by atoms with E-state index < -0.39 is 35.7 Å². The number of methoxy groups -OCH3 is 1. The van der Waals surface area contributed by atoms with Crippen LogP contribution in [0.3, 0.4) is 0 Å². The average Bonchev–Trinajstić information content (AvgIpc) is 2.89. The van der Waals surface area contributed by atoms with Crippen LogP contribution in [-0.2, 0) is 31.9 Å². The summed E-state index contributed by atoms with van der Waals surface area (Å²) >= 11 is 0. The minimum absolute atomic E-state index is 0.149. The van der Waals surface area contributed by atoms with E-state index >= 15 is 0 Å². The van der Waals surface area contributed by atoms with E-state index in [1.54, 1.807) is 81.5 Å². The fraction of sp³-hybridized carbons (Fsp3) is 0.367. The largest absolute Gasteiger partial charge is 0.490 e. The molecule has 2 aromatic carbocycles. The Labute approximate surface area is 230 Å². The number of hydrogen-bond acceptors (Lipinski definition) is 7. The van der Waals surface area contributed by atoms with E-state index in [9.17, 15) is 14.4 Å². The molecule has 39 heavy (non-hydrogen) atoms. The molecular weight excluding hydrogens is 500 g/mol. The molecular formula is C30H38N2O7. The van der Waals surface area contributed by atoms with Gasteiger partial charge in [0.05, 0.1) is 7.11 Å². The van der Waals surface area contributed by atoms with Crippen LogP contribution in [0.2, 0.25) is 0 Å². The van der Waals surface area contributed by atoms with Crippen LogP contribution in [0.25, 0.3) is 0 Å². The minimum atomic E-state index is -1.03. The van der Waals surface area contributed by atoms with Crippen molar-refractivity contribution < 1.29 is 33.3 Å². The second-order valence-electron chi connectivity index (χ2n) is 9.68. The van der Waals surface area contributed by atoms with Crippen molar-refractivity contribution in [1.29, 1.82) is 0 Å². The standard InChI is InChI=1S/C30H38N2O7/c1-7-17-37-23-13-9-21(10-14-23)19-25(32-29(35)39-30(3,4)5)27(33)31-26(28(34)36-6)20-22-11-15-24(16-12-22)38-18-8-2/h7-16,25-26H,1-2,17-20H2,3-6H3,(H,31,33)(H,32,35)/t25?,26-/m0/s1. The highest BCUT2D eigenvalue weighted by atomic mass is 16.6. The van der Waals surface area contributed by atoms with Gasteiger partial charge in [0, 0.05) is 12.8 Å². The molecule has 0 aromatic heterocycles. The molecule has 0 fully saturated rings. The molecule has 0 bridgehead atoms. The predicted octanol–water partition coefficient (Wildman–Crippen LogP) is 4.15. The normalized spacial score (nSPS) is 12.3. The lowest BCUT2D eigenvalue weighted by atomic mass is 10.0. The Morgan fingerprint density at radius 3 is 1.67 bits per heavy atom. The molecule has 9 nitrogen and oxygen atoms in total. The van der Waals surface area contributed by atoms with Gasteiger partial charge in [-0.3, -0.25) is 4.79 Å². The van der Waals surface area contributed by atoms with Crippen molar-refractivity contribution in [2.75, 3.05) is 20.3 Å². The first kappa shape index (κ1) is 31.0. The van der Waals surface area contributed by atoms with Crippen LogP contribution >= 0.6 is 0 Å². The van der Waals surface area contributed by atoms with Gasteiger partial charge in [-0.15, -0.1) is 0 Å². The van der Waals surface area contributed by atoms with Crippen molar-refractivity contribution in [3.63, 3.8) is 0 Å². The van der Waals surface area contributed by atoms with E-state index in [1.807, 2.05) is 0 Å². The summed E-state index contributed by atoms with van der Waals surface area (Å²) in [5, 5.41) is 5.36. The van der Waals surface area contributed by atoms with Gasteiger partial charge in [0.1, 0.15) is 42.4 Å². The van der Waals surface area contributed by atoms with Gasteiger partial charge in [-0.05, 0) is 56.2 Å². The average molecular weight is 539 g/mol. The Bertz CT molecular complexity index is 1110. The maximum Gasteiger partial charge on any atom is 0.408 e. The molecule has 0 aliphatic rings. The summed E-state index contributed by atoms with van der Waals surface area (Å²) in [6.07, 6.45) is 2.86. The first-order chi connectivity index (χ1) is 18.5. The molecule has 2 rings (SSSR count). The third-order valence-corrected chi connectivity index (χ3v) is 5.27. The summed E-state index contributed by atoms with van der Waals surface area (Å²) in [6, 6.07) is 12.2. The number of ether oxygens (including phenoxy) is 4. The van der Waals surface area contributed by atoms with Crippen molar-refractivity contribution in [2.24, 2.45) is 0 Å². The molecule has 1 unspecified atom stereocenters. The molecule has 210 valence electrons. The molecule has 2 N–H and O–H groups in total. The van der Waals surface area contributed by atoms with E-state index in [1.165, 1.54) is 7.11 Å². The molecule has 2 atom stereocenters. The first-order valence-corrected chi connectivity index (χ1v) is 12.6. The topological polar surface area (TPSA) is 112 Å². The lowest BCUT2D eigenvalue weighted by Gasteiger charge is -2.25. The summed E-state index contributed by atoms with van der Waals surface area (Å²) in [5.74, 6) is 0.121. The quantitative estimate of drug-likeness (QED) is 0.274. The zero-order valence-corrected chi connectivity index (χ0v) is 23.0. The molecule has 2 aromatic rings. The van der Waals surface area contributed by atoms with E-state index in [2.05, 4.69) is 23.8 Å².